The fourth-order valence-corrected chi connectivity index (χ4v) is 2.75. The van der Waals surface area contributed by atoms with Crippen LogP contribution in [0.1, 0.15) is 19.4 Å². The second kappa shape index (κ2) is 7.26. The van der Waals surface area contributed by atoms with Gasteiger partial charge in [0.25, 0.3) is 0 Å². The molecule has 3 aromatic rings. The molecule has 0 aromatic heterocycles. The Kier molecular flexibility index (Phi) is 4.90. The smallest absolute Gasteiger partial charge is 0.161 e. The van der Waals surface area contributed by atoms with E-state index in [-0.39, 0.29) is 6.10 Å². The van der Waals surface area contributed by atoms with Gasteiger partial charge in [0.2, 0.25) is 0 Å². The van der Waals surface area contributed by atoms with Gasteiger partial charge in [0.1, 0.15) is 0 Å². The summed E-state index contributed by atoms with van der Waals surface area (Å²) in [5.41, 5.74) is 2.28. The molecule has 3 heteroatoms. The van der Waals surface area contributed by atoms with Crippen molar-refractivity contribution in [3.63, 3.8) is 0 Å². The fourth-order valence-electron chi connectivity index (χ4n) is 2.75. The molecule has 3 nitrogen and oxygen atoms in total. The zero-order valence-electron chi connectivity index (χ0n) is 14.4. The molecule has 0 aliphatic heterocycles. The molecule has 0 saturated heterocycles. The number of ether oxygens (including phenoxy) is 2. The van der Waals surface area contributed by atoms with Crippen LogP contribution >= 0.6 is 0 Å². The molecule has 3 rings (SSSR count). The summed E-state index contributed by atoms with van der Waals surface area (Å²) in [7, 11) is 1.67. The van der Waals surface area contributed by atoms with E-state index in [4.69, 9.17) is 9.47 Å². The van der Waals surface area contributed by atoms with Gasteiger partial charge < -0.3 is 14.8 Å². The fraction of sp³-hybridized carbons (Fsp3) is 0.238. The molecule has 0 bridgehead atoms. The SMILES string of the molecule is COc1cc(CNc2cccc3ccccc23)ccc1OC(C)C. The number of nitrogens with one attached hydrogen (secondary N) is 1. The van der Waals surface area contributed by atoms with Gasteiger partial charge in [0.05, 0.1) is 13.2 Å². The van der Waals surface area contributed by atoms with Gasteiger partial charge in [0, 0.05) is 17.6 Å². The lowest BCUT2D eigenvalue weighted by atomic mass is 10.1. The summed E-state index contributed by atoms with van der Waals surface area (Å²) in [6.45, 7) is 4.75. The average molecular weight is 321 g/mol. The van der Waals surface area contributed by atoms with Gasteiger partial charge in [-0.2, -0.15) is 0 Å². The normalized spacial score (nSPS) is 10.8. The highest BCUT2D eigenvalue weighted by molar-refractivity contribution is 5.93. The number of methoxy groups -OCH3 is 1. The van der Waals surface area contributed by atoms with Crippen molar-refractivity contribution < 1.29 is 9.47 Å². The van der Waals surface area contributed by atoms with Gasteiger partial charge in [-0.15, -0.1) is 0 Å². The highest BCUT2D eigenvalue weighted by Crippen LogP contribution is 2.30. The van der Waals surface area contributed by atoms with E-state index >= 15 is 0 Å². The Morgan fingerprint density at radius 1 is 0.917 bits per heavy atom. The Morgan fingerprint density at radius 2 is 1.71 bits per heavy atom. The Hall–Kier alpha value is -2.68. The van der Waals surface area contributed by atoms with Gasteiger partial charge in [-0.3, -0.25) is 0 Å². The first kappa shape index (κ1) is 16.2. The lowest BCUT2D eigenvalue weighted by molar-refractivity contribution is 0.230. The molecule has 0 aliphatic rings. The minimum absolute atomic E-state index is 0.124. The molecule has 3 aromatic carbocycles. The summed E-state index contributed by atoms with van der Waals surface area (Å²) < 4.78 is 11.2. The van der Waals surface area contributed by atoms with E-state index in [1.54, 1.807) is 7.11 Å². The van der Waals surface area contributed by atoms with Crippen LogP contribution in [0.3, 0.4) is 0 Å². The van der Waals surface area contributed by atoms with Crippen molar-refractivity contribution in [1.82, 2.24) is 0 Å². The second-order valence-corrected chi connectivity index (χ2v) is 6.03. The van der Waals surface area contributed by atoms with Crippen LogP contribution < -0.4 is 14.8 Å². The van der Waals surface area contributed by atoms with Crippen LogP contribution in [0.2, 0.25) is 0 Å². The Labute approximate surface area is 143 Å². The molecule has 0 fully saturated rings. The zero-order chi connectivity index (χ0) is 16.9. The summed E-state index contributed by atoms with van der Waals surface area (Å²) in [5, 5.41) is 5.98. The van der Waals surface area contributed by atoms with Crippen molar-refractivity contribution in [2.45, 2.75) is 26.5 Å². The van der Waals surface area contributed by atoms with Gasteiger partial charge in [0.15, 0.2) is 11.5 Å². The summed E-state index contributed by atoms with van der Waals surface area (Å²) in [6.07, 6.45) is 0.124. The van der Waals surface area contributed by atoms with Crippen LogP contribution in [0.4, 0.5) is 5.69 Å². The van der Waals surface area contributed by atoms with Crippen LogP contribution in [0.15, 0.2) is 60.7 Å². The lowest BCUT2D eigenvalue weighted by Gasteiger charge is -2.15. The Morgan fingerprint density at radius 3 is 2.50 bits per heavy atom. The van der Waals surface area contributed by atoms with Gasteiger partial charge in [-0.05, 0) is 43.0 Å². The number of rotatable bonds is 6. The van der Waals surface area contributed by atoms with Gasteiger partial charge in [-0.25, -0.2) is 0 Å². The molecule has 0 saturated carbocycles. The van der Waals surface area contributed by atoms with Crippen LogP contribution in [0.5, 0.6) is 11.5 Å². The number of hydrogen-bond acceptors (Lipinski definition) is 3. The summed E-state index contributed by atoms with van der Waals surface area (Å²) in [5.74, 6) is 1.54. The molecule has 0 unspecified atom stereocenters. The zero-order valence-corrected chi connectivity index (χ0v) is 14.4. The summed E-state index contributed by atoms with van der Waals surface area (Å²) in [6, 6.07) is 20.8. The Balaban J connectivity index is 1.79. The number of fused-ring (bicyclic) bond motifs is 1. The summed E-state index contributed by atoms with van der Waals surface area (Å²) in [4.78, 5) is 0. The molecular formula is C21H23NO2. The maximum Gasteiger partial charge on any atom is 0.161 e. The van der Waals surface area contributed by atoms with Crippen molar-refractivity contribution in [3.05, 3.63) is 66.2 Å². The van der Waals surface area contributed by atoms with E-state index in [0.29, 0.717) is 0 Å². The molecule has 124 valence electrons. The van der Waals surface area contributed by atoms with E-state index in [0.717, 1.165) is 29.3 Å². The predicted molar refractivity (Wildman–Crippen MR) is 100 cm³/mol. The predicted octanol–water partition coefficient (Wildman–Crippen LogP) is 5.25. The third-order valence-corrected chi connectivity index (χ3v) is 3.86. The standard InChI is InChI=1S/C21H23NO2/c1-15(2)24-20-12-11-16(13-21(20)23-3)14-22-19-10-6-8-17-7-4-5-9-18(17)19/h4-13,15,22H,14H2,1-3H3. The molecular weight excluding hydrogens is 298 g/mol. The lowest BCUT2D eigenvalue weighted by Crippen LogP contribution is -2.07. The van der Waals surface area contributed by atoms with E-state index in [1.165, 1.54) is 10.8 Å². The highest BCUT2D eigenvalue weighted by atomic mass is 16.5. The van der Waals surface area contributed by atoms with E-state index in [1.807, 2.05) is 26.0 Å². The van der Waals surface area contributed by atoms with Crippen molar-refractivity contribution in [3.8, 4) is 11.5 Å². The number of hydrogen-bond donors (Lipinski definition) is 1. The topological polar surface area (TPSA) is 30.5 Å². The number of anilines is 1. The minimum atomic E-state index is 0.124. The van der Waals surface area contributed by atoms with Gasteiger partial charge >= 0.3 is 0 Å². The molecule has 0 spiro atoms. The summed E-state index contributed by atoms with van der Waals surface area (Å²) >= 11 is 0. The quantitative estimate of drug-likeness (QED) is 0.673. The van der Waals surface area contributed by atoms with Crippen LogP contribution in [-0.2, 0) is 6.54 Å². The van der Waals surface area contributed by atoms with Crippen molar-refractivity contribution in [2.75, 3.05) is 12.4 Å². The Bertz CT molecular complexity index is 822. The van der Waals surface area contributed by atoms with Crippen LogP contribution in [-0.4, -0.2) is 13.2 Å². The first-order valence-electron chi connectivity index (χ1n) is 8.22. The molecule has 0 atom stereocenters. The van der Waals surface area contributed by atoms with Crippen molar-refractivity contribution >= 4 is 16.5 Å². The van der Waals surface area contributed by atoms with Crippen LogP contribution in [0.25, 0.3) is 10.8 Å². The van der Waals surface area contributed by atoms with Crippen molar-refractivity contribution in [1.29, 1.82) is 0 Å². The second-order valence-electron chi connectivity index (χ2n) is 6.03. The maximum absolute atomic E-state index is 5.77. The largest absolute Gasteiger partial charge is 0.493 e. The van der Waals surface area contributed by atoms with Crippen molar-refractivity contribution in [2.24, 2.45) is 0 Å². The molecule has 0 radical (unpaired) electrons. The highest BCUT2D eigenvalue weighted by Gasteiger charge is 2.08. The van der Waals surface area contributed by atoms with E-state index < -0.39 is 0 Å². The molecule has 24 heavy (non-hydrogen) atoms. The van der Waals surface area contributed by atoms with E-state index in [9.17, 15) is 0 Å². The molecule has 1 N–H and O–H groups in total. The first-order chi connectivity index (χ1) is 11.7. The third kappa shape index (κ3) is 3.62. The first-order valence-corrected chi connectivity index (χ1v) is 8.22. The van der Waals surface area contributed by atoms with Gasteiger partial charge in [-0.1, -0.05) is 42.5 Å². The molecule has 0 heterocycles. The van der Waals surface area contributed by atoms with E-state index in [2.05, 4.69) is 53.8 Å². The monoisotopic (exact) mass is 321 g/mol. The number of benzene rings is 3. The molecule has 0 aliphatic carbocycles. The molecule has 0 amide bonds. The average Bonchev–Trinajstić information content (AvgIpc) is 2.60. The third-order valence-electron chi connectivity index (χ3n) is 3.86. The minimum Gasteiger partial charge on any atom is -0.493 e. The maximum atomic E-state index is 5.77. The van der Waals surface area contributed by atoms with Crippen LogP contribution in [0, 0.1) is 0 Å².